The van der Waals surface area contributed by atoms with Crippen molar-refractivity contribution in [1.82, 2.24) is 4.98 Å². The van der Waals surface area contributed by atoms with Gasteiger partial charge in [0.05, 0.1) is 14.2 Å². The van der Waals surface area contributed by atoms with Gasteiger partial charge in [-0.15, -0.1) is 13.2 Å². The van der Waals surface area contributed by atoms with Crippen molar-refractivity contribution in [2.75, 3.05) is 14.2 Å². The average Bonchev–Trinajstić information content (AvgIpc) is 2.25. The number of halogens is 3. The molecule has 1 aromatic rings. The summed E-state index contributed by atoms with van der Waals surface area (Å²) in [6.07, 6.45) is -4.93. The van der Waals surface area contributed by atoms with Gasteiger partial charge in [0.1, 0.15) is 5.56 Å². The summed E-state index contributed by atoms with van der Waals surface area (Å²) in [6, 6.07) is 1.24. The van der Waals surface area contributed by atoms with Gasteiger partial charge in [0, 0.05) is 5.69 Å². The number of ether oxygens (including phenoxy) is 3. The van der Waals surface area contributed by atoms with Crippen molar-refractivity contribution in [2.24, 2.45) is 0 Å². The highest BCUT2D eigenvalue weighted by Gasteiger charge is 2.34. The number of carbonyl (C=O) groups is 1. The van der Waals surface area contributed by atoms with Gasteiger partial charge in [-0.3, -0.25) is 0 Å². The molecule has 1 rings (SSSR count). The lowest BCUT2D eigenvalue weighted by atomic mass is 10.2. The number of carbonyl (C=O) groups excluding carboxylic acids is 1. The summed E-state index contributed by atoms with van der Waals surface area (Å²) in [7, 11) is 2.20. The molecule has 0 spiro atoms. The molecule has 0 N–H and O–H groups in total. The minimum absolute atomic E-state index is 0.162. The fraction of sp³-hybridized carbons (Fsp3) is 0.400. The lowest BCUT2D eigenvalue weighted by molar-refractivity contribution is -0.276. The molecule has 18 heavy (non-hydrogen) atoms. The molecular formula is C10H10F3NO4. The smallest absolute Gasteiger partial charge is 0.491 e. The highest BCUT2D eigenvalue weighted by Crippen LogP contribution is 2.34. The Kier molecular flexibility index (Phi) is 4.00. The van der Waals surface area contributed by atoms with Crippen LogP contribution in [0.2, 0.25) is 0 Å². The number of esters is 1. The van der Waals surface area contributed by atoms with E-state index in [9.17, 15) is 18.0 Å². The predicted octanol–water partition coefficient (Wildman–Crippen LogP) is 2.08. The molecule has 8 heteroatoms. The number of methoxy groups -OCH3 is 2. The largest absolute Gasteiger partial charge is 0.574 e. The molecule has 100 valence electrons. The Bertz CT molecular complexity index is 459. The molecule has 0 fully saturated rings. The molecule has 0 unspecified atom stereocenters. The molecule has 0 radical (unpaired) electrons. The third-order valence-electron chi connectivity index (χ3n) is 1.89. The van der Waals surface area contributed by atoms with Crippen molar-refractivity contribution < 1.29 is 32.2 Å². The number of hydrogen-bond donors (Lipinski definition) is 0. The Balaban J connectivity index is 3.33. The van der Waals surface area contributed by atoms with Gasteiger partial charge in [-0.1, -0.05) is 0 Å². The van der Waals surface area contributed by atoms with E-state index < -0.39 is 24.0 Å². The van der Waals surface area contributed by atoms with E-state index in [-0.39, 0.29) is 11.3 Å². The predicted molar refractivity (Wildman–Crippen MR) is 53.5 cm³/mol. The molecule has 1 heterocycles. The van der Waals surface area contributed by atoms with Crippen LogP contribution in [0.25, 0.3) is 0 Å². The van der Waals surface area contributed by atoms with Crippen molar-refractivity contribution in [3.63, 3.8) is 0 Å². The molecule has 0 saturated carbocycles. The lowest BCUT2D eigenvalue weighted by Crippen LogP contribution is -2.19. The first-order chi connectivity index (χ1) is 8.28. The quantitative estimate of drug-likeness (QED) is 0.783. The Labute approximate surface area is 100 Å². The van der Waals surface area contributed by atoms with E-state index in [2.05, 4.69) is 14.5 Å². The SMILES string of the molecule is COC(=O)c1cc(C)nc(OC(F)(F)F)c1OC. The zero-order valence-corrected chi connectivity index (χ0v) is 9.79. The van der Waals surface area contributed by atoms with Crippen LogP contribution < -0.4 is 9.47 Å². The molecule has 1 aromatic heterocycles. The number of aryl methyl sites for hydroxylation is 1. The number of nitrogens with zero attached hydrogens (tertiary/aromatic N) is 1. The topological polar surface area (TPSA) is 57.7 Å². The zero-order chi connectivity index (χ0) is 13.9. The minimum atomic E-state index is -4.93. The third kappa shape index (κ3) is 3.25. The third-order valence-corrected chi connectivity index (χ3v) is 1.89. The second kappa shape index (κ2) is 5.11. The van der Waals surface area contributed by atoms with Gasteiger partial charge in [-0.25, -0.2) is 9.78 Å². The zero-order valence-electron chi connectivity index (χ0n) is 9.79. The number of hydrogen-bond acceptors (Lipinski definition) is 5. The van der Waals surface area contributed by atoms with Gasteiger partial charge in [-0.2, -0.15) is 0 Å². The normalized spacial score (nSPS) is 11.0. The maximum atomic E-state index is 12.2. The van der Waals surface area contributed by atoms with Gasteiger partial charge in [0.15, 0.2) is 5.75 Å². The van der Waals surface area contributed by atoms with Crippen LogP contribution >= 0.6 is 0 Å². The van der Waals surface area contributed by atoms with Gasteiger partial charge in [-0.05, 0) is 13.0 Å². The molecule has 0 aliphatic heterocycles. The van der Waals surface area contributed by atoms with E-state index in [1.807, 2.05) is 0 Å². The molecule has 0 aromatic carbocycles. The molecule has 0 aliphatic rings. The van der Waals surface area contributed by atoms with Gasteiger partial charge in [0.25, 0.3) is 5.88 Å². The van der Waals surface area contributed by atoms with Crippen molar-refractivity contribution in [3.05, 3.63) is 17.3 Å². The summed E-state index contributed by atoms with van der Waals surface area (Å²) in [5, 5.41) is 0. The van der Waals surface area contributed by atoms with E-state index in [1.54, 1.807) is 0 Å². The van der Waals surface area contributed by atoms with E-state index in [4.69, 9.17) is 4.74 Å². The Morgan fingerprint density at radius 1 is 1.33 bits per heavy atom. The van der Waals surface area contributed by atoms with Crippen LogP contribution in [0.4, 0.5) is 13.2 Å². The van der Waals surface area contributed by atoms with Gasteiger partial charge in [0.2, 0.25) is 0 Å². The van der Waals surface area contributed by atoms with Gasteiger partial charge >= 0.3 is 12.3 Å². The summed E-state index contributed by atoms with van der Waals surface area (Å²) < 4.78 is 49.4. The summed E-state index contributed by atoms with van der Waals surface area (Å²) >= 11 is 0. The fourth-order valence-electron chi connectivity index (χ4n) is 1.27. The molecule has 0 saturated heterocycles. The highest BCUT2D eigenvalue weighted by atomic mass is 19.4. The second-order valence-electron chi connectivity index (χ2n) is 3.19. The Morgan fingerprint density at radius 2 is 1.94 bits per heavy atom. The standard InChI is InChI=1S/C10H10F3NO4/c1-5-4-6(9(15)17-3)7(16-2)8(14-5)18-10(11,12)13/h4H,1-3H3. The van der Waals surface area contributed by atoms with Crippen LogP contribution in [-0.4, -0.2) is 31.5 Å². The summed E-state index contributed by atoms with van der Waals surface area (Å²) in [5.41, 5.74) is -0.0257. The first-order valence-electron chi connectivity index (χ1n) is 4.68. The summed E-state index contributed by atoms with van der Waals surface area (Å²) in [6.45, 7) is 1.41. The van der Waals surface area contributed by atoms with Gasteiger partial charge < -0.3 is 14.2 Å². The molecule has 0 atom stereocenters. The minimum Gasteiger partial charge on any atom is -0.491 e. The Morgan fingerprint density at radius 3 is 2.39 bits per heavy atom. The Hall–Kier alpha value is -1.99. The van der Waals surface area contributed by atoms with Crippen molar-refractivity contribution >= 4 is 5.97 Å². The number of aromatic nitrogens is 1. The molecule has 5 nitrogen and oxygen atoms in total. The summed E-state index contributed by atoms with van der Waals surface area (Å²) in [4.78, 5) is 14.9. The number of rotatable bonds is 3. The van der Waals surface area contributed by atoms with Crippen LogP contribution in [0.15, 0.2) is 6.07 Å². The number of alkyl halides is 3. The van der Waals surface area contributed by atoms with E-state index >= 15 is 0 Å². The highest BCUT2D eigenvalue weighted by molar-refractivity contribution is 5.93. The molecule has 0 bridgehead atoms. The monoisotopic (exact) mass is 265 g/mol. The van der Waals surface area contributed by atoms with Crippen LogP contribution in [0.1, 0.15) is 16.1 Å². The van der Waals surface area contributed by atoms with E-state index in [0.717, 1.165) is 14.2 Å². The maximum absolute atomic E-state index is 12.2. The van der Waals surface area contributed by atoms with Crippen molar-refractivity contribution in [2.45, 2.75) is 13.3 Å². The van der Waals surface area contributed by atoms with E-state index in [0.29, 0.717) is 0 Å². The maximum Gasteiger partial charge on any atom is 0.574 e. The lowest BCUT2D eigenvalue weighted by Gasteiger charge is -2.14. The van der Waals surface area contributed by atoms with Crippen LogP contribution in [0, 0.1) is 6.92 Å². The average molecular weight is 265 g/mol. The molecule has 0 amide bonds. The molecule has 0 aliphatic carbocycles. The van der Waals surface area contributed by atoms with Crippen molar-refractivity contribution in [1.29, 1.82) is 0 Å². The summed E-state index contributed by atoms with van der Waals surface area (Å²) in [5.74, 6) is -2.10. The van der Waals surface area contributed by atoms with Crippen molar-refractivity contribution in [3.8, 4) is 11.6 Å². The van der Waals surface area contributed by atoms with Crippen LogP contribution in [0.3, 0.4) is 0 Å². The second-order valence-corrected chi connectivity index (χ2v) is 3.19. The van der Waals surface area contributed by atoms with Crippen LogP contribution in [0.5, 0.6) is 11.6 Å². The first-order valence-corrected chi connectivity index (χ1v) is 4.68. The van der Waals surface area contributed by atoms with Crippen LogP contribution in [-0.2, 0) is 4.74 Å². The molecular weight excluding hydrogens is 255 g/mol. The van der Waals surface area contributed by atoms with E-state index in [1.165, 1.54) is 13.0 Å². The number of pyridine rings is 1. The fourth-order valence-corrected chi connectivity index (χ4v) is 1.27. The first kappa shape index (κ1) is 14.1.